The van der Waals surface area contributed by atoms with Crippen LogP contribution in [0.15, 0.2) is 12.1 Å². The summed E-state index contributed by atoms with van der Waals surface area (Å²) < 4.78 is 26.9. The Hall–Kier alpha value is -1.69. The van der Waals surface area contributed by atoms with Gasteiger partial charge in [-0.25, -0.2) is 8.78 Å². The minimum absolute atomic E-state index is 0.217. The first-order valence-electron chi connectivity index (χ1n) is 6.15. The van der Waals surface area contributed by atoms with E-state index in [-0.39, 0.29) is 6.61 Å². The SMILES string of the molecule is Nc1cc(F)cc(C(=O)NC2(CO)CCCC2)c1F. The van der Waals surface area contributed by atoms with Crippen molar-refractivity contribution >= 4 is 11.6 Å². The second-order valence-electron chi connectivity index (χ2n) is 4.96. The molecule has 2 rings (SSSR count). The van der Waals surface area contributed by atoms with Gasteiger partial charge in [0.25, 0.3) is 5.91 Å². The lowest BCUT2D eigenvalue weighted by Crippen LogP contribution is -2.49. The van der Waals surface area contributed by atoms with Gasteiger partial charge in [-0.05, 0) is 25.0 Å². The van der Waals surface area contributed by atoms with Gasteiger partial charge in [-0.3, -0.25) is 4.79 Å². The maximum absolute atomic E-state index is 13.7. The van der Waals surface area contributed by atoms with Crippen molar-refractivity contribution in [1.82, 2.24) is 5.32 Å². The van der Waals surface area contributed by atoms with Crippen molar-refractivity contribution in [3.8, 4) is 0 Å². The molecule has 0 bridgehead atoms. The molecule has 0 atom stereocenters. The summed E-state index contributed by atoms with van der Waals surface area (Å²) in [5.41, 5.74) is 3.72. The molecule has 19 heavy (non-hydrogen) atoms. The van der Waals surface area contributed by atoms with E-state index in [0.717, 1.165) is 25.0 Å². The van der Waals surface area contributed by atoms with Crippen LogP contribution in [0.1, 0.15) is 36.0 Å². The van der Waals surface area contributed by atoms with Crippen LogP contribution in [0.25, 0.3) is 0 Å². The molecular formula is C13H16F2N2O2. The molecule has 0 unspecified atom stereocenters. The van der Waals surface area contributed by atoms with Crippen LogP contribution in [-0.4, -0.2) is 23.2 Å². The predicted molar refractivity (Wildman–Crippen MR) is 66.5 cm³/mol. The average Bonchev–Trinajstić information content (AvgIpc) is 2.82. The van der Waals surface area contributed by atoms with E-state index in [0.29, 0.717) is 12.8 Å². The molecule has 104 valence electrons. The summed E-state index contributed by atoms with van der Waals surface area (Å²) in [7, 11) is 0. The second kappa shape index (κ2) is 5.13. The maximum Gasteiger partial charge on any atom is 0.254 e. The van der Waals surface area contributed by atoms with Gasteiger partial charge in [0.15, 0.2) is 5.82 Å². The topological polar surface area (TPSA) is 75.4 Å². The first kappa shape index (κ1) is 13.7. The van der Waals surface area contributed by atoms with Gasteiger partial charge in [0, 0.05) is 0 Å². The third kappa shape index (κ3) is 2.68. The summed E-state index contributed by atoms with van der Waals surface area (Å²) in [6, 6.07) is 1.63. The minimum Gasteiger partial charge on any atom is -0.396 e. The highest BCUT2D eigenvalue weighted by molar-refractivity contribution is 5.96. The number of nitrogens with one attached hydrogen (secondary N) is 1. The van der Waals surface area contributed by atoms with Crippen molar-refractivity contribution in [3.63, 3.8) is 0 Å². The third-order valence-corrected chi connectivity index (χ3v) is 3.55. The van der Waals surface area contributed by atoms with Gasteiger partial charge in [0.1, 0.15) is 5.82 Å². The van der Waals surface area contributed by atoms with E-state index in [1.54, 1.807) is 0 Å². The largest absolute Gasteiger partial charge is 0.396 e. The summed E-state index contributed by atoms with van der Waals surface area (Å²) in [6.45, 7) is -0.217. The van der Waals surface area contributed by atoms with Crippen molar-refractivity contribution in [3.05, 3.63) is 29.3 Å². The van der Waals surface area contributed by atoms with Crippen LogP contribution in [0.4, 0.5) is 14.5 Å². The molecule has 1 aromatic rings. The van der Waals surface area contributed by atoms with Crippen molar-refractivity contribution < 1.29 is 18.7 Å². The molecule has 0 aromatic heterocycles. The number of halogens is 2. The molecule has 1 amide bonds. The molecule has 0 heterocycles. The highest BCUT2D eigenvalue weighted by Crippen LogP contribution is 2.30. The van der Waals surface area contributed by atoms with Crippen LogP contribution >= 0.6 is 0 Å². The zero-order valence-electron chi connectivity index (χ0n) is 10.4. The van der Waals surface area contributed by atoms with Crippen molar-refractivity contribution in [1.29, 1.82) is 0 Å². The highest BCUT2D eigenvalue weighted by atomic mass is 19.1. The summed E-state index contributed by atoms with van der Waals surface area (Å²) in [4.78, 5) is 12.0. The van der Waals surface area contributed by atoms with Gasteiger partial charge < -0.3 is 16.2 Å². The van der Waals surface area contributed by atoms with Crippen LogP contribution in [0.2, 0.25) is 0 Å². The molecule has 0 aliphatic heterocycles. The average molecular weight is 270 g/mol. The molecule has 0 saturated heterocycles. The molecule has 4 nitrogen and oxygen atoms in total. The monoisotopic (exact) mass is 270 g/mol. The second-order valence-corrected chi connectivity index (χ2v) is 4.96. The van der Waals surface area contributed by atoms with Crippen LogP contribution in [0, 0.1) is 11.6 Å². The van der Waals surface area contributed by atoms with Gasteiger partial charge in [0.2, 0.25) is 0 Å². The fourth-order valence-electron chi connectivity index (χ4n) is 2.46. The molecule has 1 saturated carbocycles. The molecule has 1 fully saturated rings. The minimum atomic E-state index is -0.940. The summed E-state index contributed by atoms with van der Waals surface area (Å²) >= 11 is 0. The summed E-state index contributed by atoms with van der Waals surface area (Å²) in [6.07, 6.45) is 3.02. The van der Waals surface area contributed by atoms with Crippen molar-refractivity contribution in [2.45, 2.75) is 31.2 Å². The predicted octanol–water partition coefficient (Wildman–Crippen LogP) is 1.58. The quantitative estimate of drug-likeness (QED) is 0.730. The Balaban J connectivity index is 2.25. The molecule has 1 aliphatic carbocycles. The lowest BCUT2D eigenvalue weighted by Gasteiger charge is -2.28. The number of aliphatic hydroxyl groups is 1. The number of nitrogens with two attached hydrogens (primary N) is 1. The fourth-order valence-corrected chi connectivity index (χ4v) is 2.46. The Bertz CT molecular complexity index is 500. The fraction of sp³-hybridized carbons (Fsp3) is 0.462. The van der Waals surface area contributed by atoms with E-state index < -0.39 is 34.3 Å². The van der Waals surface area contributed by atoms with Crippen LogP contribution in [-0.2, 0) is 0 Å². The number of carbonyl (C=O) groups excluding carboxylic acids is 1. The van der Waals surface area contributed by atoms with E-state index >= 15 is 0 Å². The maximum atomic E-state index is 13.7. The van der Waals surface area contributed by atoms with E-state index in [1.807, 2.05) is 0 Å². The van der Waals surface area contributed by atoms with Gasteiger partial charge in [0.05, 0.1) is 23.4 Å². The molecule has 1 aromatic carbocycles. The molecule has 6 heteroatoms. The number of carbonyl (C=O) groups is 1. The normalized spacial score (nSPS) is 17.4. The first-order chi connectivity index (χ1) is 8.97. The Morgan fingerprint density at radius 2 is 2.00 bits per heavy atom. The third-order valence-electron chi connectivity index (χ3n) is 3.55. The Morgan fingerprint density at radius 1 is 1.37 bits per heavy atom. The molecule has 0 radical (unpaired) electrons. The van der Waals surface area contributed by atoms with Gasteiger partial charge in [-0.1, -0.05) is 12.8 Å². The molecule has 4 N–H and O–H groups in total. The van der Waals surface area contributed by atoms with E-state index in [9.17, 15) is 18.7 Å². The number of aliphatic hydroxyl groups excluding tert-OH is 1. The Labute approximate surface area is 109 Å². The van der Waals surface area contributed by atoms with E-state index in [2.05, 4.69) is 5.32 Å². The molecule has 1 aliphatic rings. The zero-order valence-corrected chi connectivity index (χ0v) is 10.4. The highest BCUT2D eigenvalue weighted by Gasteiger charge is 2.35. The number of benzene rings is 1. The number of hydrogen-bond donors (Lipinski definition) is 3. The molecule has 0 spiro atoms. The van der Waals surface area contributed by atoms with Gasteiger partial charge >= 0.3 is 0 Å². The van der Waals surface area contributed by atoms with Crippen LogP contribution < -0.4 is 11.1 Å². The summed E-state index contributed by atoms with van der Waals surface area (Å²) in [5.74, 6) is -2.46. The van der Waals surface area contributed by atoms with E-state index in [1.165, 1.54) is 0 Å². The smallest absolute Gasteiger partial charge is 0.254 e. The molecular weight excluding hydrogens is 254 g/mol. The number of rotatable bonds is 3. The lowest BCUT2D eigenvalue weighted by molar-refractivity contribution is 0.0834. The van der Waals surface area contributed by atoms with Gasteiger partial charge in [-0.2, -0.15) is 0 Å². The van der Waals surface area contributed by atoms with E-state index in [4.69, 9.17) is 5.73 Å². The van der Waals surface area contributed by atoms with Crippen LogP contribution in [0.5, 0.6) is 0 Å². The Kier molecular flexibility index (Phi) is 3.71. The van der Waals surface area contributed by atoms with Gasteiger partial charge in [-0.15, -0.1) is 0 Å². The number of nitrogen functional groups attached to an aromatic ring is 1. The number of amides is 1. The number of anilines is 1. The Morgan fingerprint density at radius 3 is 2.58 bits per heavy atom. The van der Waals surface area contributed by atoms with Crippen molar-refractivity contribution in [2.24, 2.45) is 0 Å². The summed E-state index contributed by atoms with van der Waals surface area (Å²) in [5, 5.41) is 12.0. The lowest BCUT2D eigenvalue weighted by atomic mass is 9.98. The standard InChI is InChI=1S/C13H16F2N2O2/c14-8-5-9(11(15)10(16)6-8)12(19)17-13(7-18)3-1-2-4-13/h5-6,18H,1-4,7,16H2,(H,17,19). The number of hydrogen-bond acceptors (Lipinski definition) is 3. The van der Waals surface area contributed by atoms with Crippen LogP contribution in [0.3, 0.4) is 0 Å². The van der Waals surface area contributed by atoms with Crippen molar-refractivity contribution in [2.75, 3.05) is 12.3 Å². The first-order valence-corrected chi connectivity index (χ1v) is 6.15. The zero-order chi connectivity index (χ0) is 14.0.